The molecule has 0 radical (unpaired) electrons. The van der Waals surface area contributed by atoms with E-state index in [1.165, 1.54) is 0 Å². The van der Waals surface area contributed by atoms with E-state index in [4.69, 9.17) is 5.11 Å². The Bertz CT molecular complexity index is 552. The molecule has 0 fully saturated rings. The number of phenolic OH excluding ortho intramolecular Hbond substituents is 1. The highest BCUT2D eigenvalue weighted by Gasteiger charge is 2.08. The van der Waals surface area contributed by atoms with Gasteiger partial charge in [0.15, 0.2) is 0 Å². The summed E-state index contributed by atoms with van der Waals surface area (Å²) in [4.78, 5) is 11.9. The normalized spacial score (nSPS) is 10.1. The SMILES string of the molecule is O=C(NCc1ccc(O)cc1)c1ccccc1I. The lowest BCUT2D eigenvalue weighted by Gasteiger charge is -2.07. The minimum Gasteiger partial charge on any atom is -0.508 e. The molecule has 0 atom stereocenters. The van der Waals surface area contributed by atoms with Crippen LogP contribution in [0.15, 0.2) is 48.5 Å². The summed E-state index contributed by atoms with van der Waals surface area (Å²) in [7, 11) is 0. The third-order valence-corrected chi connectivity index (χ3v) is 3.45. The molecule has 92 valence electrons. The standard InChI is InChI=1S/C14H12INO2/c15-13-4-2-1-3-12(13)14(18)16-9-10-5-7-11(17)8-6-10/h1-8,17H,9H2,(H,16,18). The van der Waals surface area contributed by atoms with E-state index in [2.05, 4.69) is 27.9 Å². The Morgan fingerprint density at radius 2 is 1.78 bits per heavy atom. The number of benzene rings is 2. The van der Waals surface area contributed by atoms with Crippen LogP contribution in [0.2, 0.25) is 0 Å². The van der Waals surface area contributed by atoms with E-state index >= 15 is 0 Å². The van der Waals surface area contributed by atoms with Crippen molar-refractivity contribution >= 4 is 28.5 Å². The van der Waals surface area contributed by atoms with Crippen LogP contribution in [0.4, 0.5) is 0 Å². The topological polar surface area (TPSA) is 49.3 Å². The van der Waals surface area contributed by atoms with Crippen molar-refractivity contribution < 1.29 is 9.90 Å². The van der Waals surface area contributed by atoms with Crippen molar-refractivity contribution in [2.24, 2.45) is 0 Å². The summed E-state index contributed by atoms with van der Waals surface area (Å²) in [5.41, 5.74) is 1.63. The predicted molar refractivity (Wildman–Crippen MR) is 78.4 cm³/mol. The summed E-state index contributed by atoms with van der Waals surface area (Å²) in [6.07, 6.45) is 0. The number of phenols is 1. The molecule has 0 bridgehead atoms. The first kappa shape index (κ1) is 12.9. The molecule has 1 amide bonds. The highest BCUT2D eigenvalue weighted by molar-refractivity contribution is 14.1. The van der Waals surface area contributed by atoms with Crippen LogP contribution in [0.3, 0.4) is 0 Å². The van der Waals surface area contributed by atoms with Gasteiger partial charge >= 0.3 is 0 Å². The summed E-state index contributed by atoms with van der Waals surface area (Å²) >= 11 is 2.14. The minimum absolute atomic E-state index is 0.0897. The molecule has 2 aromatic rings. The van der Waals surface area contributed by atoms with Crippen molar-refractivity contribution in [2.75, 3.05) is 0 Å². The Morgan fingerprint density at radius 3 is 2.44 bits per heavy atom. The zero-order valence-corrected chi connectivity index (χ0v) is 11.7. The number of hydrogen-bond acceptors (Lipinski definition) is 2. The molecule has 0 aromatic heterocycles. The fourth-order valence-electron chi connectivity index (χ4n) is 1.54. The summed E-state index contributed by atoms with van der Waals surface area (Å²) in [6.45, 7) is 0.448. The summed E-state index contributed by atoms with van der Waals surface area (Å²) in [5.74, 6) is 0.135. The molecule has 0 unspecified atom stereocenters. The smallest absolute Gasteiger partial charge is 0.252 e. The van der Waals surface area contributed by atoms with E-state index in [0.717, 1.165) is 9.13 Å². The molecule has 0 saturated heterocycles. The van der Waals surface area contributed by atoms with Gasteiger partial charge in [0, 0.05) is 10.1 Å². The largest absolute Gasteiger partial charge is 0.508 e. The maximum Gasteiger partial charge on any atom is 0.252 e. The highest BCUT2D eigenvalue weighted by atomic mass is 127. The second-order valence-electron chi connectivity index (χ2n) is 3.83. The molecular formula is C14H12INO2. The lowest BCUT2D eigenvalue weighted by molar-refractivity contribution is 0.0950. The Morgan fingerprint density at radius 1 is 1.11 bits per heavy atom. The zero-order chi connectivity index (χ0) is 13.0. The van der Waals surface area contributed by atoms with Crippen LogP contribution in [0.25, 0.3) is 0 Å². The number of halogens is 1. The van der Waals surface area contributed by atoms with E-state index in [1.54, 1.807) is 30.3 Å². The van der Waals surface area contributed by atoms with Gasteiger partial charge in [0.05, 0.1) is 5.56 Å². The first-order chi connectivity index (χ1) is 8.66. The van der Waals surface area contributed by atoms with Gasteiger partial charge in [-0.25, -0.2) is 0 Å². The summed E-state index contributed by atoms with van der Waals surface area (Å²) in [6, 6.07) is 14.2. The number of hydrogen-bond donors (Lipinski definition) is 2. The third-order valence-electron chi connectivity index (χ3n) is 2.51. The number of carbonyl (C=O) groups is 1. The molecule has 3 nitrogen and oxygen atoms in total. The number of nitrogens with one attached hydrogen (secondary N) is 1. The van der Waals surface area contributed by atoms with Crippen molar-refractivity contribution in [1.29, 1.82) is 0 Å². The van der Waals surface area contributed by atoms with E-state index in [1.807, 2.05) is 18.2 Å². The lowest BCUT2D eigenvalue weighted by atomic mass is 10.2. The quantitative estimate of drug-likeness (QED) is 0.834. The van der Waals surface area contributed by atoms with Gasteiger partial charge in [-0.15, -0.1) is 0 Å². The van der Waals surface area contributed by atoms with Crippen LogP contribution in [-0.4, -0.2) is 11.0 Å². The molecule has 0 heterocycles. The van der Waals surface area contributed by atoms with E-state index < -0.39 is 0 Å². The van der Waals surface area contributed by atoms with Crippen molar-refractivity contribution in [1.82, 2.24) is 5.32 Å². The van der Waals surface area contributed by atoms with Crippen molar-refractivity contribution in [3.05, 3.63) is 63.2 Å². The minimum atomic E-state index is -0.0897. The first-order valence-electron chi connectivity index (χ1n) is 5.47. The summed E-state index contributed by atoms with van der Waals surface area (Å²) < 4.78 is 0.929. The van der Waals surface area contributed by atoms with Gasteiger partial charge in [-0.05, 0) is 52.4 Å². The van der Waals surface area contributed by atoms with Crippen LogP contribution < -0.4 is 5.32 Å². The van der Waals surface area contributed by atoms with Crippen molar-refractivity contribution in [3.8, 4) is 5.75 Å². The number of amides is 1. The molecule has 4 heteroatoms. The van der Waals surface area contributed by atoms with Gasteiger partial charge in [-0.2, -0.15) is 0 Å². The number of rotatable bonds is 3. The third kappa shape index (κ3) is 3.22. The molecular weight excluding hydrogens is 341 g/mol. The molecule has 2 rings (SSSR count). The number of carbonyl (C=O) groups excluding carboxylic acids is 1. The van der Waals surface area contributed by atoms with Gasteiger partial charge in [0.2, 0.25) is 0 Å². The number of aromatic hydroxyl groups is 1. The van der Waals surface area contributed by atoms with Crippen LogP contribution in [-0.2, 0) is 6.54 Å². The average molecular weight is 353 g/mol. The maximum atomic E-state index is 11.9. The molecule has 0 saturated carbocycles. The zero-order valence-electron chi connectivity index (χ0n) is 9.56. The van der Waals surface area contributed by atoms with E-state index in [-0.39, 0.29) is 11.7 Å². The Balaban J connectivity index is 2.01. The van der Waals surface area contributed by atoms with Crippen LogP contribution >= 0.6 is 22.6 Å². The monoisotopic (exact) mass is 353 g/mol. The first-order valence-corrected chi connectivity index (χ1v) is 6.55. The van der Waals surface area contributed by atoms with Crippen molar-refractivity contribution in [2.45, 2.75) is 6.54 Å². The van der Waals surface area contributed by atoms with Gasteiger partial charge in [0.1, 0.15) is 5.75 Å². The molecule has 18 heavy (non-hydrogen) atoms. The molecule has 0 aliphatic carbocycles. The second kappa shape index (κ2) is 5.86. The average Bonchev–Trinajstić information content (AvgIpc) is 2.38. The maximum absolute atomic E-state index is 11.9. The summed E-state index contributed by atoms with van der Waals surface area (Å²) in [5, 5.41) is 12.0. The fourth-order valence-corrected chi connectivity index (χ4v) is 2.17. The molecule has 0 aliphatic rings. The molecule has 2 N–H and O–H groups in total. The predicted octanol–water partition coefficient (Wildman–Crippen LogP) is 2.93. The Hall–Kier alpha value is -1.56. The van der Waals surface area contributed by atoms with Crippen LogP contribution in [0, 0.1) is 3.57 Å². The van der Waals surface area contributed by atoms with Crippen LogP contribution in [0.1, 0.15) is 15.9 Å². The van der Waals surface area contributed by atoms with E-state index in [9.17, 15) is 4.79 Å². The highest BCUT2D eigenvalue weighted by Crippen LogP contribution is 2.12. The van der Waals surface area contributed by atoms with Gasteiger partial charge in [-0.3, -0.25) is 4.79 Å². The molecule has 0 spiro atoms. The fraction of sp³-hybridized carbons (Fsp3) is 0.0714. The van der Waals surface area contributed by atoms with Gasteiger partial charge in [-0.1, -0.05) is 24.3 Å². The van der Waals surface area contributed by atoms with Gasteiger partial charge in [0.25, 0.3) is 5.91 Å². The van der Waals surface area contributed by atoms with Gasteiger partial charge < -0.3 is 10.4 Å². The molecule has 2 aromatic carbocycles. The second-order valence-corrected chi connectivity index (χ2v) is 4.99. The van der Waals surface area contributed by atoms with E-state index in [0.29, 0.717) is 12.1 Å². The molecule has 0 aliphatic heterocycles. The van der Waals surface area contributed by atoms with Crippen LogP contribution in [0.5, 0.6) is 5.75 Å². The Labute approximate surface area is 119 Å². The van der Waals surface area contributed by atoms with Crippen molar-refractivity contribution in [3.63, 3.8) is 0 Å². The lowest BCUT2D eigenvalue weighted by Crippen LogP contribution is -2.23. The Kier molecular flexibility index (Phi) is 4.19.